The molecule has 174 valence electrons. The van der Waals surface area contributed by atoms with Gasteiger partial charge in [-0.3, -0.25) is 9.59 Å². The number of nitrogens with zero attached hydrogens (tertiary/aromatic N) is 3. The molecule has 3 aromatic rings. The molecule has 0 radical (unpaired) electrons. The summed E-state index contributed by atoms with van der Waals surface area (Å²) in [4.78, 5) is 25.1. The number of ether oxygens (including phenoxy) is 1. The van der Waals surface area contributed by atoms with Crippen LogP contribution in [0.4, 0.5) is 5.69 Å². The van der Waals surface area contributed by atoms with Gasteiger partial charge in [-0.05, 0) is 48.4 Å². The van der Waals surface area contributed by atoms with E-state index in [1.807, 2.05) is 20.9 Å². The highest BCUT2D eigenvalue weighted by atomic mass is 35.5. The van der Waals surface area contributed by atoms with E-state index >= 15 is 0 Å². The fourth-order valence-electron chi connectivity index (χ4n) is 3.11. The first-order valence-corrected chi connectivity index (χ1v) is 11.7. The minimum absolute atomic E-state index is 0.0686. The average molecular weight is 488 g/mol. The number of benzene rings is 2. The first-order valence-electron chi connectivity index (χ1n) is 10.3. The van der Waals surface area contributed by atoms with Crippen LogP contribution in [0.25, 0.3) is 0 Å². The number of hydrogen-bond donors (Lipinski definition) is 2. The molecule has 0 aliphatic carbocycles. The van der Waals surface area contributed by atoms with Crippen molar-refractivity contribution in [2.45, 2.75) is 25.0 Å². The van der Waals surface area contributed by atoms with Crippen LogP contribution in [-0.4, -0.2) is 39.4 Å². The molecule has 0 aliphatic heterocycles. The van der Waals surface area contributed by atoms with E-state index in [2.05, 4.69) is 20.8 Å². The number of carbonyl (C=O) groups excluding carboxylic acids is 2. The predicted octanol–water partition coefficient (Wildman–Crippen LogP) is 4.34. The zero-order valence-corrected chi connectivity index (χ0v) is 20.4. The summed E-state index contributed by atoms with van der Waals surface area (Å²) in [6.45, 7) is 4.00. The number of halogens is 1. The summed E-state index contributed by atoms with van der Waals surface area (Å²) in [5, 5.41) is 15.5. The maximum Gasteiger partial charge on any atom is 0.251 e. The molecule has 0 unspecified atom stereocenters. The van der Waals surface area contributed by atoms with Crippen molar-refractivity contribution in [3.63, 3.8) is 0 Å². The molecule has 2 amide bonds. The third-order valence-electron chi connectivity index (χ3n) is 4.89. The summed E-state index contributed by atoms with van der Waals surface area (Å²) >= 11 is 7.22. The molecule has 0 spiro atoms. The number of aromatic nitrogens is 3. The van der Waals surface area contributed by atoms with E-state index in [0.29, 0.717) is 33.0 Å². The van der Waals surface area contributed by atoms with Crippen LogP contribution in [0.3, 0.4) is 0 Å². The van der Waals surface area contributed by atoms with Crippen LogP contribution in [0.2, 0.25) is 5.02 Å². The smallest absolute Gasteiger partial charge is 0.251 e. The summed E-state index contributed by atoms with van der Waals surface area (Å²) in [5.74, 6) is 1.13. The topological polar surface area (TPSA) is 98.1 Å². The van der Waals surface area contributed by atoms with E-state index in [0.717, 1.165) is 0 Å². The van der Waals surface area contributed by atoms with Gasteiger partial charge in [-0.15, -0.1) is 10.2 Å². The Kier molecular flexibility index (Phi) is 8.35. The summed E-state index contributed by atoms with van der Waals surface area (Å²) in [7, 11) is 3.40. The minimum Gasteiger partial charge on any atom is -0.497 e. The number of hydrogen-bond acceptors (Lipinski definition) is 6. The third kappa shape index (κ3) is 6.49. The maximum atomic E-state index is 12.8. The van der Waals surface area contributed by atoms with Gasteiger partial charge in [-0.25, -0.2) is 0 Å². The Bertz CT molecular complexity index is 1120. The van der Waals surface area contributed by atoms with Crippen LogP contribution in [0.1, 0.15) is 36.1 Å². The van der Waals surface area contributed by atoms with Gasteiger partial charge in [-0.1, -0.05) is 43.3 Å². The molecule has 0 bridgehead atoms. The molecule has 0 saturated heterocycles. The van der Waals surface area contributed by atoms with Gasteiger partial charge >= 0.3 is 0 Å². The molecule has 1 aromatic heterocycles. The van der Waals surface area contributed by atoms with Gasteiger partial charge < -0.3 is 19.9 Å². The highest BCUT2D eigenvalue weighted by Crippen LogP contribution is 2.25. The molecular weight excluding hydrogens is 462 g/mol. The highest BCUT2D eigenvalue weighted by molar-refractivity contribution is 7.99. The Morgan fingerprint density at radius 2 is 1.88 bits per heavy atom. The predicted molar refractivity (Wildman–Crippen MR) is 130 cm³/mol. The first kappa shape index (κ1) is 24.6. The lowest BCUT2D eigenvalue weighted by molar-refractivity contribution is -0.113. The van der Waals surface area contributed by atoms with Gasteiger partial charge in [0, 0.05) is 23.3 Å². The van der Waals surface area contributed by atoms with Gasteiger partial charge in [0.2, 0.25) is 5.91 Å². The number of anilines is 1. The lowest BCUT2D eigenvalue weighted by Crippen LogP contribution is -2.33. The lowest BCUT2D eigenvalue weighted by Gasteiger charge is -2.21. The third-order valence-corrected chi connectivity index (χ3v) is 6.15. The van der Waals surface area contributed by atoms with Gasteiger partial charge in [0.1, 0.15) is 5.75 Å². The lowest BCUT2D eigenvalue weighted by atomic mass is 10.0. The second kappa shape index (κ2) is 11.2. The van der Waals surface area contributed by atoms with E-state index in [9.17, 15) is 9.59 Å². The van der Waals surface area contributed by atoms with Crippen molar-refractivity contribution in [1.29, 1.82) is 0 Å². The van der Waals surface area contributed by atoms with Crippen molar-refractivity contribution in [1.82, 2.24) is 20.1 Å². The zero-order valence-electron chi connectivity index (χ0n) is 18.8. The molecule has 3 rings (SSSR count). The van der Waals surface area contributed by atoms with Gasteiger partial charge in [0.15, 0.2) is 11.0 Å². The second-order valence-electron chi connectivity index (χ2n) is 7.67. The molecule has 2 N–H and O–H groups in total. The quantitative estimate of drug-likeness (QED) is 0.436. The molecule has 10 heteroatoms. The molecule has 0 fully saturated rings. The van der Waals surface area contributed by atoms with Gasteiger partial charge in [0.05, 0.1) is 18.9 Å². The number of carbonyl (C=O) groups is 2. The monoisotopic (exact) mass is 487 g/mol. The van der Waals surface area contributed by atoms with Crippen LogP contribution in [-0.2, 0) is 11.8 Å². The van der Waals surface area contributed by atoms with E-state index in [-0.39, 0.29) is 29.5 Å². The van der Waals surface area contributed by atoms with Crippen molar-refractivity contribution < 1.29 is 14.3 Å². The summed E-state index contributed by atoms with van der Waals surface area (Å²) in [6.07, 6.45) is 0. The van der Waals surface area contributed by atoms with Gasteiger partial charge in [-0.2, -0.15) is 0 Å². The summed E-state index contributed by atoms with van der Waals surface area (Å²) in [6, 6.07) is 13.5. The van der Waals surface area contributed by atoms with Crippen LogP contribution >= 0.6 is 23.4 Å². The number of methoxy groups -OCH3 is 1. The SMILES string of the molecule is COc1ccc(C(=O)N[C@@H](c2nnc(SCC(=O)Nc3cccc(Cl)c3)n2C)C(C)C)cc1. The standard InChI is InChI=1S/C23H26ClN5O3S/c1-14(2)20(26-22(31)15-8-10-18(32-4)11-9-15)21-27-28-23(29(21)3)33-13-19(30)25-17-7-5-6-16(24)12-17/h5-12,14,20H,13H2,1-4H3,(H,25,30)(H,26,31)/t20-/m1/s1. The second-order valence-corrected chi connectivity index (χ2v) is 9.05. The maximum absolute atomic E-state index is 12.8. The van der Waals surface area contributed by atoms with Crippen molar-refractivity contribution in [2.24, 2.45) is 13.0 Å². The van der Waals surface area contributed by atoms with Crippen molar-refractivity contribution in [3.05, 3.63) is 64.9 Å². The molecule has 33 heavy (non-hydrogen) atoms. The molecule has 0 saturated carbocycles. The van der Waals surface area contributed by atoms with Crippen LogP contribution in [0, 0.1) is 5.92 Å². The Hall–Kier alpha value is -3.04. The summed E-state index contributed by atoms with van der Waals surface area (Å²) < 4.78 is 6.95. The Morgan fingerprint density at radius 1 is 1.15 bits per heavy atom. The van der Waals surface area contributed by atoms with Gasteiger partial charge in [0.25, 0.3) is 5.91 Å². The molecule has 2 aromatic carbocycles. The number of amides is 2. The Balaban J connectivity index is 1.65. The van der Waals surface area contributed by atoms with Crippen molar-refractivity contribution in [2.75, 3.05) is 18.2 Å². The zero-order chi connectivity index (χ0) is 24.0. The molecule has 1 atom stereocenters. The van der Waals surface area contributed by atoms with Crippen molar-refractivity contribution >= 4 is 40.9 Å². The molecule has 1 heterocycles. The highest BCUT2D eigenvalue weighted by Gasteiger charge is 2.25. The average Bonchev–Trinajstić information content (AvgIpc) is 3.15. The normalized spacial score (nSPS) is 11.8. The van der Waals surface area contributed by atoms with Crippen molar-refractivity contribution in [3.8, 4) is 5.75 Å². The number of rotatable bonds is 9. The molecule has 0 aliphatic rings. The van der Waals surface area contributed by atoms with E-state index in [1.165, 1.54) is 11.8 Å². The van der Waals surface area contributed by atoms with Crippen LogP contribution < -0.4 is 15.4 Å². The Morgan fingerprint density at radius 3 is 2.52 bits per heavy atom. The summed E-state index contributed by atoms with van der Waals surface area (Å²) in [5.41, 5.74) is 1.16. The van der Waals surface area contributed by atoms with Crippen LogP contribution in [0.5, 0.6) is 5.75 Å². The number of nitrogens with one attached hydrogen (secondary N) is 2. The fourth-order valence-corrected chi connectivity index (χ4v) is 4.02. The molecular formula is C23H26ClN5O3S. The number of thioether (sulfide) groups is 1. The van der Waals surface area contributed by atoms with Crippen LogP contribution in [0.15, 0.2) is 53.7 Å². The fraction of sp³-hybridized carbons (Fsp3) is 0.304. The minimum atomic E-state index is -0.355. The van der Waals surface area contributed by atoms with E-state index in [1.54, 1.807) is 60.2 Å². The Labute approximate surface area is 202 Å². The van der Waals surface area contributed by atoms with E-state index in [4.69, 9.17) is 16.3 Å². The first-order chi connectivity index (χ1) is 15.8. The largest absolute Gasteiger partial charge is 0.497 e. The van der Waals surface area contributed by atoms with E-state index < -0.39 is 0 Å². The molecule has 8 nitrogen and oxygen atoms in total.